The lowest BCUT2D eigenvalue weighted by Crippen LogP contribution is -2.54. The van der Waals surface area contributed by atoms with E-state index in [1.165, 1.54) is 6.07 Å². The smallest absolute Gasteiger partial charge is 0.317 e. The summed E-state index contributed by atoms with van der Waals surface area (Å²) in [6.07, 6.45) is 7.54. The summed E-state index contributed by atoms with van der Waals surface area (Å²) in [6.45, 7) is 4.07. The number of halogens is 2. The van der Waals surface area contributed by atoms with Crippen LogP contribution in [0.4, 0.5) is 9.18 Å². The molecular weight excluding hydrogens is 509 g/mol. The Morgan fingerprint density at radius 2 is 2.05 bits per heavy atom. The van der Waals surface area contributed by atoms with Crippen LogP contribution in [0.25, 0.3) is 0 Å². The van der Waals surface area contributed by atoms with Gasteiger partial charge >= 0.3 is 6.03 Å². The van der Waals surface area contributed by atoms with Gasteiger partial charge in [-0.1, -0.05) is 23.7 Å². The molecule has 1 aromatic rings. The number of ether oxygens (including phenoxy) is 1. The molecule has 7 nitrogen and oxygen atoms in total. The average molecular weight is 556 g/mol. The number of nitrogens with one attached hydrogen (secondary N) is 2. The number of nitrogens with zero attached hydrogens (tertiary/aromatic N) is 1. The summed E-state index contributed by atoms with van der Waals surface area (Å²) < 4.78 is 20.3. The quantitative estimate of drug-likeness (QED) is 0.277. The van der Waals surface area contributed by atoms with E-state index in [9.17, 15) is 15.0 Å². The Balaban J connectivity index is 1.70. The summed E-state index contributed by atoms with van der Waals surface area (Å²) in [5.41, 5.74) is -1.81. The number of hydrogen-bond donors (Lipinski definition) is 4. The van der Waals surface area contributed by atoms with Gasteiger partial charge in [0.2, 0.25) is 0 Å². The van der Waals surface area contributed by atoms with Gasteiger partial charge < -0.3 is 30.5 Å². The Morgan fingerprint density at radius 3 is 2.74 bits per heavy atom. The highest BCUT2D eigenvalue weighted by molar-refractivity contribution is 6.30. The number of carbonyl (C=O) groups excluding carboxylic acids is 1. The molecule has 38 heavy (non-hydrogen) atoms. The maximum absolute atomic E-state index is 15.2. The largest absolute Gasteiger partial charge is 0.390 e. The van der Waals surface area contributed by atoms with E-state index in [1.54, 1.807) is 24.1 Å². The van der Waals surface area contributed by atoms with Crippen LogP contribution in [0, 0.1) is 17.7 Å². The predicted molar refractivity (Wildman–Crippen MR) is 149 cm³/mol. The third kappa shape index (κ3) is 8.28. The van der Waals surface area contributed by atoms with Gasteiger partial charge in [-0.25, -0.2) is 9.18 Å². The molecule has 1 saturated carbocycles. The molecule has 0 spiro atoms. The predicted octanol–water partition coefficient (Wildman–Crippen LogP) is 4.82. The van der Waals surface area contributed by atoms with E-state index < -0.39 is 17.0 Å². The zero-order chi connectivity index (χ0) is 27.8. The minimum absolute atomic E-state index is 0.0117. The zero-order valence-electron chi connectivity index (χ0n) is 23.3. The summed E-state index contributed by atoms with van der Waals surface area (Å²) in [5, 5.41) is 28.7. The van der Waals surface area contributed by atoms with E-state index in [0.717, 1.165) is 44.9 Å². The van der Waals surface area contributed by atoms with Crippen molar-refractivity contribution in [3.05, 3.63) is 34.6 Å². The van der Waals surface area contributed by atoms with Crippen LogP contribution in [0.15, 0.2) is 18.2 Å². The highest BCUT2D eigenvalue weighted by atomic mass is 35.5. The molecule has 1 aliphatic heterocycles. The van der Waals surface area contributed by atoms with Crippen LogP contribution >= 0.6 is 11.6 Å². The Bertz CT molecular complexity index is 895. The molecule has 1 aliphatic carbocycles. The minimum Gasteiger partial charge on any atom is -0.390 e. The Hall–Kier alpha value is -1.45. The number of likely N-dealkylation sites (N-methyl/N-ethyl adjacent to an activating group) is 1. The van der Waals surface area contributed by atoms with Crippen molar-refractivity contribution >= 4 is 17.6 Å². The standard InChI is InChI=1S/C29H47ClFN3O4/c1-28(36)14-11-21(12-15-28)18-23(19-32-2)33-27(35)34-16-7-8-22(20-34)29(37,13-4-5-17-38-3)24-9-6-10-25(30)26(24)31/h6,9-10,21-23,32,36-37H,4-5,7-8,11-20H2,1-3H3,(H,33,35). The number of rotatable bonds is 12. The zero-order valence-corrected chi connectivity index (χ0v) is 24.0. The van der Waals surface area contributed by atoms with Gasteiger partial charge in [0.15, 0.2) is 0 Å². The molecule has 3 unspecified atom stereocenters. The Morgan fingerprint density at radius 1 is 1.32 bits per heavy atom. The highest BCUT2D eigenvalue weighted by Crippen LogP contribution is 2.42. The lowest BCUT2D eigenvalue weighted by atomic mass is 9.74. The summed E-state index contributed by atoms with van der Waals surface area (Å²) in [6, 6.07) is 4.59. The minimum atomic E-state index is -1.44. The monoisotopic (exact) mass is 555 g/mol. The van der Waals surface area contributed by atoms with Crippen molar-refractivity contribution in [3.63, 3.8) is 0 Å². The molecular formula is C29H47ClFN3O4. The van der Waals surface area contributed by atoms with E-state index in [-0.39, 0.29) is 28.6 Å². The summed E-state index contributed by atoms with van der Waals surface area (Å²) >= 11 is 6.10. The molecule has 1 heterocycles. The topological polar surface area (TPSA) is 94.1 Å². The second-order valence-electron chi connectivity index (χ2n) is 11.6. The molecule has 2 fully saturated rings. The molecule has 9 heteroatoms. The molecule has 1 aromatic carbocycles. The van der Waals surface area contributed by atoms with Gasteiger partial charge in [-0.05, 0) is 90.2 Å². The summed E-state index contributed by atoms with van der Waals surface area (Å²) in [5.74, 6) is -0.447. The fourth-order valence-electron chi connectivity index (χ4n) is 6.23. The van der Waals surface area contributed by atoms with Crippen molar-refractivity contribution in [2.45, 2.75) is 88.4 Å². The van der Waals surface area contributed by atoms with E-state index in [1.807, 2.05) is 14.0 Å². The van der Waals surface area contributed by atoms with Crippen LogP contribution in [0.3, 0.4) is 0 Å². The number of likely N-dealkylation sites (tertiary alicyclic amines) is 1. The van der Waals surface area contributed by atoms with Crippen molar-refractivity contribution in [1.82, 2.24) is 15.5 Å². The van der Waals surface area contributed by atoms with Crippen molar-refractivity contribution in [2.24, 2.45) is 11.8 Å². The van der Waals surface area contributed by atoms with E-state index in [4.69, 9.17) is 16.3 Å². The molecule has 3 rings (SSSR count). The first-order chi connectivity index (χ1) is 18.1. The summed E-state index contributed by atoms with van der Waals surface area (Å²) in [4.78, 5) is 15.2. The Kier molecular flexibility index (Phi) is 11.7. The van der Waals surface area contributed by atoms with Gasteiger partial charge in [0.25, 0.3) is 0 Å². The SMILES string of the molecule is CNCC(CC1CCC(C)(O)CC1)NC(=O)N1CCCC(C(O)(CCCCOC)c2cccc(Cl)c2F)C1. The van der Waals surface area contributed by atoms with Crippen molar-refractivity contribution < 1.29 is 24.1 Å². The second kappa shape index (κ2) is 14.3. The fourth-order valence-corrected chi connectivity index (χ4v) is 6.41. The molecule has 1 saturated heterocycles. The van der Waals surface area contributed by atoms with Crippen LogP contribution in [-0.4, -0.2) is 73.2 Å². The highest BCUT2D eigenvalue weighted by Gasteiger charge is 2.43. The van der Waals surface area contributed by atoms with Crippen LogP contribution < -0.4 is 10.6 Å². The van der Waals surface area contributed by atoms with Crippen molar-refractivity contribution in [1.29, 1.82) is 0 Å². The number of benzene rings is 1. The molecule has 2 amide bonds. The third-order valence-corrected chi connectivity index (χ3v) is 8.83. The third-order valence-electron chi connectivity index (χ3n) is 8.54. The van der Waals surface area contributed by atoms with Gasteiger partial charge in [-0.3, -0.25) is 0 Å². The number of methoxy groups -OCH3 is 1. The van der Waals surface area contributed by atoms with Gasteiger partial charge in [0.1, 0.15) is 5.82 Å². The van der Waals surface area contributed by atoms with E-state index >= 15 is 4.39 Å². The van der Waals surface area contributed by atoms with E-state index in [2.05, 4.69) is 10.6 Å². The first kappa shape index (κ1) is 31.1. The molecule has 0 aromatic heterocycles. The maximum atomic E-state index is 15.2. The maximum Gasteiger partial charge on any atom is 0.317 e. The van der Waals surface area contributed by atoms with Crippen molar-refractivity contribution in [2.75, 3.05) is 40.4 Å². The molecule has 0 radical (unpaired) electrons. The molecule has 2 aliphatic rings. The molecule has 4 N–H and O–H groups in total. The van der Waals surface area contributed by atoms with Crippen LogP contribution in [0.1, 0.15) is 76.7 Å². The lowest BCUT2D eigenvalue weighted by Gasteiger charge is -2.43. The first-order valence-electron chi connectivity index (χ1n) is 14.2. The number of aliphatic hydroxyl groups is 2. The second-order valence-corrected chi connectivity index (χ2v) is 12.0. The van der Waals surface area contributed by atoms with Crippen LogP contribution in [-0.2, 0) is 10.3 Å². The van der Waals surface area contributed by atoms with Gasteiger partial charge in [0.05, 0.1) is 16.2 Å². The Labute approximate surface area is 232 Å². The van der Waals surface area contributed by atoms with Gasteiger partial charge in [0, 0.05) is 50.9 Å². The number of carbonyl (C=O) groups is 1. The number of amides is 2. The van der Waals surface area contributed by atoms with Crippen LogP contribution in [0.2, 0.25) is 5.02 Å². The van der Waals surface area contributed by atoms with Crippen molar-refractivity contribution in [3.8, 4) is 0 Å². The lowest BCUT2D eigenvalue weighted by molar-refractivity contribution is -0.0588. The number of hydrogen-bond acceptors (Lipinski definition) is 5. The molecule has 0 bridgehead atoms. The average Bonchev–Trinajstić information content (AvgIpc) is 2.89. The van der Waals surface area contributed by atoms with Gasteiger partial charge in [-0.15, -0.1) is 0 Å². The molecule has 216 valence electrons. The normalized spacial score (nSPS) is 26.6. The number of urea groups is 1. The molecule has 3 atom stereocenters. The summed E-state index contributed by atoms with van der Waals surface area (Å²) in [7, 11) is 3.52. The number of piperidine rings is 1. The van der Waals surface area contributed by atoms with E-state index in [0.29, 0.717) is 51.4 Å². The van der Waals surface area contributed by atoms with Gasteiger partial charge in [-0.2, -0.15) is 0 Å². The fraction of sp³-hybridized carbons (Fsp3) is 0.759. The van der Waals surface area contributed by atoms with Crippen LogP contribution in [0.5, 0.6) is 0 Å². The first-order valence-corrected chi connectivity index (χ1v) is 14.6. The number of unbranched alkanes of at least 4 members (excludes halogenated alkanes) is 1.